The molecule has 2 amide bonds. The van der Waals surface area contributed by atoms with Crippen LogP contribution in [0.1, 0.15) is 57.8 Å². The van der Waals surface area contributed by atoms with Crippen LogP contribution in [0.4, 0.5) is 0 Å². The molecule has 2 saturated carbocycles. The Balaban J connectivity index is 1.75. The summed E-state index contributed by atoms with van der Waals surface area (Å²) in [6.07, 6.45) is 10.0. The number of rotatable bonds is 0. The zero-order chi connectivity index (χ0) is 11.9. The Morgan fingerprint density at radius 1 is 0.941 bits per heavy atom. The summed E-state index contributed by atoms with van der Waals surface area (Å²) in [4.78, 5) is 23.2. The molecule has 94 valence electrons. The molecule has 2 atom stereocenters. The van der Waals surface area contributed by atoms with Gasteiger partial charge in [-0.25, -0.2) is 0 Å². The minimum Gasteiger partial charge on any atom is -0.296 e. The molecule has 0 unspecified atom stereocenters. The summed E-state index contributed by atoms with van der Waals surface area (Å²) >= 11 is 0. The summed E-state index contributed by atoms with van der Waals surface area (Å²) in [7, 11) is 0. The molecule has 1 N–H and O–H groups in total. The highest BCUT2D eigenvalue weighted by molar-refractivity contribution is 5.98. The molecule has 3 heteroatoms. The Hall–Kier alpha value is -0.860. The first-order valence-electron chi connectivity index (χ1n) is 7.00. The van der Waals surface area contributed by atoms with Crippen molar-refractivity contribution >= 4 is 11.8 Å². The van der Waals surface area contributed by atoms with E-state index in [9.17, 15) is 9.59 Å². The van der Waals surface area contributed by atoms with E-state index in [4.69, 9.17) is 0 Å². The normalized spacial score (nSPS) is 36.5. The second kappa shape index (κ2) is 4.11. The van der Waals surface area contributed by atoms with Gasteiger partial charge < -0.3 is 0 Å². The summed E-state index contributed by atoms with van der Waals surface area (Å²) in [5, 5.41) is 2.45. The standard InChI is InChI=1S/C14H21NO2/c16-12-8-14(9-13(17)15-12)6-5-10-3-1-2-4-11(10)7-14/h10-11H,1-9H2,(H,15,16,17)/t10-,11-/m1/s1. The average Bonchev–Trinajstić information content (AvgIpc) is 2.27. The lowest BCUT2D eigenvalue weighted by Crippen LogP contribution is -2.48. The Kier molecular flexibility index (Phi) is 2.72. The highest BCUT2D eigenvalue weighted by atomic mass is 16.2. The molecular weight excluding hydrogens is 214 g/mol. The first-order chi connectivity index (χ1) is 8.17. The lowest BCUT2D eigenvalue weighted by Gasteiger charge is -2.47. The molecule has 1 spiro atoms. The summed E-state index contributed by atoms with van der Waals surface area (Å²) in [5.74, 6) is 1.58. The molecule has 1 heterocycles. The number of nitrogens with one attached hydrogen (secondary N) is 1. The zero-order valence-corrected chi connectivity index (χ0v) is 10.3. The SMILES string of the molecule is O=C1CC2(CC[C@H]3CCCC[C@@H]3C2)CC(=O)N1. The van der Waals surface area contributed by atoms with Crippen LogP contribution in [0.25, 0.3) is 0 Å². The van der Waals surface area contributed by atoms with E-state index in [0.717, 1.165) is 24.7 Å². The maximum absolute atomic E-state index is 11.6. The van der Waals surface area contributed by atoms with E-state index in [0.29, 0.717) is 12.8 Å². The molecule has 0 aromatic carbocycles. The van der Waals surface area contributed by atoms with E-state index in [1.807, 2.05) is 0 Å². The van der Waals surface area contributed by atoms with Crippen LogP contribution in [0.5, 0.6) is 0 Å². The Labute approximate surface area is 102 Å². The van der Waals surface area contributed by atoms with E-state index in [2.05, 4.69) is 5.32 Å². The number of fused-ring (bicyclic) bond motifs is 1. The quantitative estimate of drug-likeness (QED) is 0.655. The third-order valence-corrected chi connectivity index (χ3v) is 5.16. The highest BCUT2D eigenvalue weighted by Gasteiger charge is 2.46. The van der Waals surface area contributed by atoms with Gasteiger partial charge in [0.2, 0.25) is 11.8 Å². The van der Waals surface area contributed by atoms with Gasteiger partial charge >= 0.3 is 0 Å². The van der Waals surface area contributed by atoms with Gasteiger partial charge in [0.15, 0.2) is 0 Å². The molecule has 3 rings (SSSR count). The van der Waals surface area contributed by atoms with Crippen LogP contribution < -0.4 is 5.32 Å². The molecule has 3 fully saturated rings. The van der Waals surface area contributed by atoms with Crippen molar-refractivity contribution in [1.29, 1.82) is 0 Å². The third kappa shape index (κ3) is 2.12. The number of imide groups is 1. The molecule has 0 aromatic heterocycles. The molecule has 0 bridgehead atoms. The second-order valence-corrected chi connectivity index (χ2v) is 6.37. The number of carbonyl (C=O) groups excluding carboxylic acids is 2. The second-order valence-electron chi connectivity index (χ2n) is 6.37. The Bertz CT molecular complexity index is 334. The Morgan fingerprint density at radius 2 is 1.59 bits per heavy atom. The van der Waals surface area contributed by atoms with Gasteiger partial charge in [0.05, 0.1) is 0 Å². The van der Waals surface area contributed by atoms with E-state index >= 15 is 0 Å². The fourth-order valence-electron chi connectivity index (χ4n) is 4.39. The van der Waals surface area contributed by atoms with E-state index < -0.39 is 0 Å². The smallest absolute Gasteiger partial charge is 0.227 e. The minimum absolute atomic E-state index is 0.0257. The Morgan fingerprint density at radius 3 is 2.29 bits per heavy atom. The van der Waals surface area contributed by atoms with Crippen LogP contribution in [0, 0.1) is 17.3 Å². The summed E-state index contributed by atoms with van der Waals surface area (Å²) in [6, 6.07) is 0. The van der Waals surface area contributed by atoms with Crippen molar-refractivity contribution in [1.82, 2.24) is 5.32 Å². The third-order valence-electron chi connectivity index (χ3n) is 5.16. The number of piperidine rings is 1. The van der Waals surface area contributed by atoms with Crippen LogP contribution in [0.2, 0.25) is 0 Å². The van der Waals surface area contributed by atoms with Gasteiger partial charge in [-0.05, 0) is 36.5 Å². The van der Waals surface area contributed by atoms with Gasteiger partial charge in [0.25, 0.3) is 0 Å². The predicted octanol–water partition coefficient (Wildman–Crippen LogP) is 2.40. The van der Waals surface area contributed by atoms with Crippen molar-refractivity contribution in [3.05, 3.63) is 0 Å². The molecular formula is C14H21NO2. The van der Waals surface area contributed by atoms with Crippen LogP contribution in [0.3, 0.4) is 0 Å². The first-order valence-corrected chi connectivity index (χ1v) is 7.00. The number of hydrogen-bond acceptors (Lipinski definition) is 2. The van der Waals surface area contributed by atoms with Gasteiger partial charge in [-0.2, -0.15) is 0 Å². The lowest BCUT2D eigenvalue weighted by molar-refractivity contribution is -0.140. The molecule has 3 aliphatic rings. The average molecular weight is 235 g/mol. The maximum atomic E-state index is 11.6. The van der Waals surface area contributed by atoms with Crippen molar-refractivity contribution in [2.45, 2.75) is 57.8 Å². The lowest BCUT2D eigenvalue weighted by atomic mass is 9.58. The van der Waals surface area contributed by atoms with Gasteiger partial charge in [-0.15, -0.1) is 0 Å². The molecule has 1 saturated heterocycles. The molecule has 1 aliphatic heterocycles. The van der Waals surface area contributed by atoms with Crippen LogP contribution >= 0.6 is 0 Å². The monoisotopic (exact) mass is 235 g/mol. The van der Waals surface area contributed by atoms with E-state index in [-0.39, 0.29) is 17.2 Å². The van der Waals surface area contributed by atoms with Gasteiger partial charge in [0, 0.05) is 12.8 Å². The van der Waals surface area contributed by atoms with Crippen molar-refractivity contribution in [2.75, 3.05) is 0 Å². The number of amides is 2. The van der Waals surface area contributed by atoms with Crippen LogP contribution in [-0.4, -0.2) is 11.8 Å². The van der Waals surface area contributed by atoms with Crippen molar-refractivity contribution < 1.29 is 9.59 Å². The topological polar surface area (TPSA) is 46.2 Å². The number of carbonyl (C=O) groups is 2. The predicted molar refractivity (Wildman–Crippen MR) is 64.1 cm³/mol. The molecule has 0 radical (unpaired) electrons. The minimum atomic E-state index is -0.0458. The van der Waals surface area contributed by atoms with E-state index in [1.165, 1.54) is 32.1 Å². The maximum Gasteiger partial charge on any atom is 0.227 e. The van der Waals surface area contributed by atoms with Gasteiger partial charge in [-0.1, -0.05) is 25.7 Å². The fourth-order valence-corrected chi connectivity index (χ4v) is 4.39. The summed E-state index contributed by atoms with van der Waals surface area (Å²) < 4.78 is 0. The molecule has 3 nitrogen and oxygen atoms in total. The highest BCUT2D eigenvalue weighted by Crippen LogP contribution is 2.52. The first kappa shape index (κ1) is 11.2. The molecule has 2 aliphatic carbocycles. The van der Waals surface area contributed by atoms with Crippen molar-refractivity contribution in [3.63, 3.8) is 0 Å². The van der Waals surface area contributed by atoms with Gasteiger partial charge in [-0.3, -0.25) is 14.9 Å². The van der Waals surface area contributed by atoms with Crippen molar-refractivity contribution in [2.24, 2.45) is 17.3 Å². The number of hydrogen-bond donors (Lipinski definition) is 1. The van der Waals surface area contributed by atoms with Crippen LogP contribution in [0.15, 0.2) is 0 Å². The molecule has 17 heavy (non-hydrogen) atoms. The van der Waals surface area contributed by atoms with Crippen molar-refractivity contribution in [3.8, 4) is 0 Å². The van der Waals surface area contributed by atoms with Gasteiger partial charge in [0.1, 0.15) is 0 Å². The van der Waals surface area contributed by atoms with E-state index in [1.54, 1.807) is 0 Å². The summed E-state index contributed by atoms with van der Waals surface area (Å²) in [6.45, 7) is 0. The zero-order valence-electron chi connectivity index (χ0n) is 10.3. The van der Waals surface area contributed by atoms with Crippen LogP contribution in [-0.2, 0) is 9.59 Å². The largest absolute Gasteiger partial charge is 0.296 e. The molecule has 0 aromatic rings. The fraction of sp³-hybridized carbons (Fsp3) is 0.857. The summed E-state index contributed by atoms with van der Waals surface area (Å²) in [5.41, 5.74) is 0.0257.